The molecule has 0 atom stereocenters. The van der Waals surface area contributed by atoms with Gasteiger partial charge in [-0.05, 0) is 54.8 Å². The zero-order chi connectivity index (χ0) is 14.2. The monoisotopic (exact) mass is 327 g/mol. The third-order valence-corrected chi connectivity index (χ3v) is 3.76. The average Bonchev–Trinajstić information content (AvgIpc) is 2.27. The molecule has 0 saturated carbocycles. The molecule has 0 aromatic carbocycles. The summed E-state index contributed by atoms with van der Waals surface area (Å²) < 4.78 is 5.96. The van der Waals surface area contributed by atoms with E-state index in [1.807, 2.05) is 26.8 Å². The molecule has 0 saturated heterocycles. The lowest BCUT2D eigenvalue weighted by atomic mass is 9.91. The number of ether oxygens (including phenoxy) is 1. The summed E-state index contributed by atoms with van der Waals surface area (Å²) in [5.41, 5.74) is 1.72. The zero-order valence-corrected chi connectivity index (χ0v) is 13.0. The van der Waals surface area contributed by atoms with E-state index in [0.717, 1.165) is 17.6 Å². The normalized spacial score (nSPS) is 20.1. The van der Waals surface area contributed by atoms with Crippen molar-refractivity contribution in [2.75, 3.05) is 13.1 Å². The summed E-state index contributed by atoms with van der Waals surface area (Å²) in [6.07, 6.45) is 2.75. The molecular formula is C14H18BrNO3. The molecule has 0 aromatic heterocycles. The van der Waals surface area contributed by atoms with Gasteiger partial charge in [0.1, 0.15) is 5.60 Å². The Hall–Kier alpha value is -1.10. The second-order valence-electron chi connectivity index (χ2n) is 5.87. The molecule has 1 aliphatic carbocycles. The molecule has 2 rings (SSSR count). The van der Waals surface area contributed by atoms with Crippen molar-refractivity contribution < 1.29 is 14.3 Å². The first kappa shape index (κ1) is 14.3. The zero-order valence-electron chi connectivity index (χ0n) is 11.5. The first-order valence-electron chi connectivity index (χ1n) is 6.35. The Morgan fingerprint density at radius 1 is 1.42 bits per heavy atom. The van der Waals surface area contributed by atoms with E-state index >= 15 is 0 Å². The highest BCUT2D eigenvalue weighted by Gasteiger charge is 2.29. The molecule has 1 amide bonds. The molecule has 0 radical (unpaired) electrons. The molecule has 104 valence electrons. The van der Waals surface area contributed by atoms with Gasteiger partial charge in [-0.1, -0.05) is 5.57 Å². The molecule has 19 heavy (non-hydrogen) atoms. The van der Waals surface area contributed by atoms with Crippen molar-refractivity contribution in [3.63, 3.8) is 0 Å². The summed E-state index contributed by atoms with van der Waals surface area (Å²) in [7, 11) is 0. The second-order valence-corrected chi connectivity index (χ2v) is 6.73. The van der Waals surface area contributed by atoms with Crippen LogP contribution in [0, 0.1) is 0 Å². The Balaban J connectivity index is 2.08. The number of Topliss-reactive ketones (excluding diaryl/α,β-unsaturated/α-hetero) is 1. The molecule has 0 unspecified atom stereocenters. The number of carbonyl (C=O) groups excluding carboxylic acids is 2. The molecule has 0 aromatic rings. The SMILES string of the molecule is CC(C)(C)OC(=O)N1CCC2=C(C=C(Br)C(=O)C2)C1. The van der Waals surface area contributed by atoms with Crippen molar-refractivity contribution in [3.05, 3.63) is 21.7 Å². The van der Waals surface area contributed by atoms with Crippen LogP contribution >= 0.6 is 15.9 Å². The summed E-state index contributed by atoms with van der Waals surface area (Å²) in [5.74, 6) is 0.115. The van der Waals surface area contributed by atoms with E-state index in [1.165, 1.54) is 0 Å². The fraction of sp³-hybridized carbons (Fsp3) is 0.571. The lowest BCUT2D eigenvalue weighted by Crippen LogP contribution is -2.41. The standard InChI is InChI=1S/C14H18BrNO3/c1-14(2,3)19-13(18)16-5-4-9-7-12(17)11(15)6-10(9)8-16/h6H,4-5,7-8H2,1-3H3. The van der Waals surface area contributed by atoms with Gasteiger partial charge in [0.25, 0.3) is 0 Å². The highest BCUT2D eigenvalue weighted by atomic mass is 79.9. The average molecular weight is 328 g/mol. The summed E-state index contributed by atoms with van der Waals surface area (Å²) in [5, 5.41) is 0. The van der Waals surface area contributed by atoms with Gasteiger partial charge in [-0.25, -0.2) is 4.79 Å². The Bertz CT molecular complexity index is 485. The summed E-state index contributed by atoms with van der Waals surface area (Å²) in [6.45, 7) is 6.71. The lowest BCUT2D eigenvalue weighted by Gasteiger charge is -2.33. The molecule has 5 heteroatoms. The molecule has 2 aliphatic rings. The molecule has 0 bridgehead atoms. The molecule has 1 heterocycles. The maximum absolute atomic E-state index is 12.0. The van der Waals surface area contributed by atoms with Gasteiger partial charge in [0.15, 0.2) is 5.78 Å². The molecule has 4 nitrogen and oxygen atoms in total. The van der Waals surface area contributed by atoms with Crippen molar-refractivity contribution in [1.82, 2.24) is 4.90 Å². The third kappa shape index (κ3) is 3.47. The fourth-order valence-corrected chi connectivity index (χ4v) is 2.59. The molecule has 0 N–H and O–H groups in total. The van der Waals surface area contributed by atoms with Gasteiger partial charge in [-0.15, -0.1) is 0 Å². The Morgan fingerprint density at radius 2 is 2.11 bits per heavy atom. The van der Waals surface area contributed by atoms with Gasteiger partial charge in [-0.2, -0.15) is 0 Å². The maximum Gasteiger partial charge on any atom is 0.410 e. The van der Waals surface area contributed by atoms with Crippen LogP contribution in [0.3, 0.4) is 0 Å². The number of ketones is 1. The minimum absolute atomic E-state index is 0.115. The van der Waals surface area contributed by atoms with Crippen LogP contribution in [0.5, 0.6) is 0 Å². The number of hydrogen-bond donors (Lipinski definition) is 0. The smallest absolute Gasteiger partial charge is 0.410 e. The van der Waals surface area contributed by atoms with Gasteiger partial charge >= 0.3 is 6.09 Å². The van der Waals surface area contributed by atoms with Crippen molar-refractivity contribution >= 4 is 27.8 Å². The van der Waals surface area contributed by atoms with E-state index in [-0.39, 0.29) is 11.9 Å². The molecule has 0 spiro atoms. The predicted octanol–water partition coefficient (Wildman–Crippen LogP) is 3.18. The Labute approximate surface area is 121 Å². The van der Waals surface area contributed by atoms with E-state index in [2.05, 4.69) is 15.9 Å². The summed E-state index contributed by atoms with van der Waals surface area (Å²) in [6, 6.07) is 0. The van der Waals surface area contributed by atoms with E-state index < -0.39 is 5.60 Å². The Morgan fingerprint density at radius 3 is 2.74 bits per heavy atom. The van der Waals surface area contributed by atoms with Crippen LogP contribution in [0.15, 0.2) is 21.7 Å². The van der Waals surface area contributed by atoms with Crippen LogP contribution in [0.25, 0.3) is 0 Å². The molecule has 1 aliphatic heterocycles. The molecular weight excluding hydrogens is 310 g/mol. The van der Waals surface area contributed by atoms with Crippen LogP contribution in [-0.4, -0.2) is 35.5 Å². The van der Waals surface area contributed by atoms with Crippen LogP contribution in [0.1, 0.15) is 33.6 Å². The highest BCUT2D eigenvalue weighted by Crippen LogP contribution is 2.30. The van der Waals surface area contributed by atoms with E-state index in [9.17, 15) is 9.59 Å². The minimum Gasteiger partial charge on any atom is -0.444 e. The number of nitrogens with zero attached hydrogens (tertiary/aromatic N) is 1. The first-order valence-corrected chi connectivity index (χ1v) is 7.15. The topological polar surface area (TPSA) is 46.6 Å². The van der Waals surface area contributed by atoms with Crippen molar-refractivity contribution in [1.29, 1.82) is 0 Å². The van der Waals surface area contributed by atoms with E-state index in [0.29, 0.717) is 24.0 Å². The lowest BCUT2D eigenvalue weighted by molar-refractivity contribution is -0.114. The number of allylic oxidation sites excluding steroid dienone is 1. The maximum atomic E-state index is 12.0. The largest absolute Gasteiger partial charge is 0.444 e. The minimum atomic E-state index is -0.481. The van der Waals surface area contributed by atoms with Gasteiger partial charge < -0.3 is 9.64 Å². The quantitative estimate of drug-likeness (QED) is 0.686. The third-order valence-electron chi connectivity index (χ3n) is 3.09. The van der Waals surface area contributed by atoms with Crippen molar-refractivity contribution in [2.24, 2.45) is 0 Å². The van der Waals surface area contributed by atoms with Gasteiger partial charge in [-0.3, -0.25) is 4.79 Å². The number of halogens is 1. The van der Waals surface area contributed by atoms with E-state index in [4.69, 9.17) is 4.74 Å². The predicted molar refractivity (Wildman–Crippen MR) is 76.1 cm³/mol. The number of carbonyl (C=O) groups is 2. The van der Waals surface area contributed by atoms with E-state index in [1.54, 1.807) is 4.90 Å². The fourth-order valence-electron chi connectivity index (χ4n) is 2.17. The number of rotatable bonds is 0. The van der Waals surface area contributed by atoms with Crippen LogP contribution in [0.2, 0.25) is 0 Å². The summed E-state index contributed by atoms with van der Waals surface area (Å²) >= 11 is 3.26. The van der Waals surface area contributed by atoms with Gasteiger partial charge in [0, 0.05) is 19.5 Å². The van der Waals surface area contributed by atoms with Crippen LogP contribution in [-0.2, 0) is 9.53 Å². The summed E-state index contributed by atoms with van der Waals surface area (Å²) in [4.78, 5) is 25.3. The number of hydrogen-bond acceptors (Lipinski definition) is 3. The van der Waals surface area contributed by atoms with Crippen molar-refractivity contribution in [3.8, 4) is 0 Å². The van der Waals surface area contributed by atoms with Crippen LogP contribution < -0.4 is 0 Å². The first-order chi connectivity index (χ1) is 8.76. The van der Waals surface area contributed by atoms with Crippen LogP contribution in [0.4, 0.5) is 4.79 Å². The highest BCUT2D eigenvalue weighted by molar-refractivity contribution is 9.12. The second kappa shape index (κ2) is 5.12. The molecule has 0 fully saturated rings. The van der Waals surface area contributed by atoms with Gasteiger partial charge in [0.2, 0.25) is 0 Å². The van der Waals surface area contributed by atoms with Crippen molar-refractivity contribution in [2.45, 2.75) is 39.2 Å². The van der Waals surface area contributed by atoms with Gasteiger partial charge in [0.05, 0.1) is 4.48 Å². The Kier molecular flexibility index (Phi) is 3.85. The number of amides is 1.